The van der Waals surface area contributed by atoms with Crippen LogP contribution in [0.1, 0.15) is 11.6 Å². The van der Waals surface area contributed by atoms with Gasteiger partial charge in [-0.05, 0) is 17.7 Å². The molecule has 2 aromatic carbocycles. The van der Waals surface area contributed by atoms with Gasteiger partial charge in [0.15, 0.2) is 0 Å². The van der Waals surface area contributed by atoms with E-state index in [1.165, 1.54) is 5.38 Å². The average molecular weight is 609 g/mol. The summed E-state index contributed by atoms with van der Waals surface area (Å²) in [5.41, 5.74) is 0.898. The van der Waals surface area contributed by atoms with Gasteiger partial charge in [0.05, 0.1) is 30.0 Å². The van der Waals surface area contributed by atoms with Crippen LogP contribution in [0.4, 0.5) is 28.4 Å². The summed E-state index contributed by atoms with van der Waals surface area (Å²) in [6.07, 6.45) is -4.46. The van der Waals surface area contributed by atoms with Crippen LogP contribution in [0.15, 0.2) is 58.9 Å². The minimum Gasteiger partial charge on any atom is -0.379 e. The number of aromatic nitrogens is 1. The lowest BCUT2D eigenvalue weighted by molar-refractivity contribution is -0.199. The number of morpholine rings is 1. The first-order valence-corrected chi connectivity index (χ1v) is 14.0. The molecule has 1 atom stereocenters. The van der Waals surface area contributed by atoms with E-state index in [9.17, 15) is 26.4 Å². The number of sulfonamides is 1. The van der Waals surface area contributed by atoms with Crippen molar-refractivity contribution in [1.82, 2.24) is 9.88 Å². The third-order valence-electron chi connectivity index (χ3n) is 5.57. The van der Waals surface area contributed by atoms with E-state index in [1.807, 2.05) is 30.3 Å². The number of thiazole rings is 1. The standard InChI is InChI=1S/C23H21ClF4N4O5S2/c24-16-12-20(39(34,35)32(22-29-6-11-38-22)37-21(33)23(26,27)28)17(25)13-18(16)30-19(15-4-2-1-3-5-15)14-31-7-9-36-10-8-31/h1-6,11-13,19,30H,7-10,14H2/t19-/m1/s1. The molecular weight excluding hydrogens is 588 g/mol. The first-order chi connectivity index (χ1) is 18.5. The van der Waals surface area contributed by atoms with Gasteiger partial charge < -0.3 is 14.9 Å². The van der Waals surface area contributed by atoms with E-state index >= 15 is 4.39 Å². The maximum absolute atomic E-state index is 15.3. The number of alkyl halides is 3. The molecular formula is C23H21ClF4N4O5S2. The van der Waals surface area contributed by atoms with Crippen LogP contribution in [0.5, 0.6) is 0 Å². The van der Waals surface area contributed by atoms with Crippen molar-refractivity contribution >= 4 is 49.7 Å². The molecule has 4 rings (SSSR count). The predicted molar refractivity (Wildman–Crippen MR) is 135 cm³/mol. The van der Waals surface area contributed by atoms with E-state index in [-0.39, 0.29) is 21.2 Å². The zero-order valence-electron chi connectivity index (χ0n) is 19.9. The lowest BCUT2D eigenvalue weighted by Crippen LogP contribution is -2.40. The van der Waals surface area contributed by atoms with Crippen molar-refractivity contribution in [3.63, 3.8) is 0 Å². The summed E-state index contributed by atoms with van der Waals surface area (Å²) in [6.45, 7) is 2.95. The Labute approximate surface area is 229 Å². The number of hydrogen-bond donors (Lipinski definition) is 1. The Morgan fingerprint density at radius 1 is 1.23 bits per heavy atom. The second-order valence-electron chi connectivity index (χ2n) is 8.21. The average Bonchev–Trinajstić information content (AvgIpc) is 3.43. The maximum Gasteiger partial charge on any atom is 0.493 e. The lowest BCUT2D eigenvalue weighted by Gasteiger charge is -2.31. The summed E-state index contributed by atoms with van der Waals surface area (Å²) in [6, 6.07) is 10.4. The monoisotopic (exact) mass is 608 g/mol. The van der Waals surface area contributed by atoms with Gasteiger partial charge in [0, 0.05) is 31.2 Å². The van der Waals surface area contributed by atoms with E-state index in [0.717, 1.165) is 23.9 Å². The van der Waals surface area contributed by atoms with Crippen molar-refractivity contribution in [2.24, 2.45) is 0 Å². The van der Waals surface area contributed by atoms with Gasteiger partial charge in [-0.2, -0.15) is 21.6 Å². The Morgan fingerprint density at radius 3 is 2.54 bits per heavy atom. The Balaban J connectivity index is 1.66. The SMILES string of the molecule is O=C(ON(c1nccs1)S(=O)(=O)c1cc(Cl)c(N[C@H](CN2CCOCC2)c2ccccc2)cc1F)C(F)(F)F. The number of rotatable bonds is 9. The first-order valence-electron chi connectivity index (χ1n) is 11.3. The molecule has 0 bridgehead atoms. The van der Waals surface area contributed by atoms with Crippen molar-refractivity contribution in [2.45, 2.75) is 17.1 Å². The summed E-state index contributed by atoms with van der Waals surface area (Å²) in [5, 5.41) is 3.47. The minimum absolute atomic E-state index is 0.0447. The van der Waals surface area contributed by atoms with Crippen LogP contribution < -0.4 is 9.79 Å². The van der Waals surface area contributed by atoms with E-state index in [4.69, 9.17) is 16.3 Å². The number of nitrogens with one attached hydrogen (secondary N) is 1. The molecule has 2 heterocycles. The number of hydrogen-bond acceptors (Lipinski definition) is 9. The van der Waals surface area contributed by atoms with Crippen molar-refractivity contribution in [2.75, 3.05) is 42.6 Å². The largest absolute Gasteiger partial charge is 0.493 e. The number of nitrogens with zero attached hydrogens (tertiary/aromatic N) is 3. The summed E-state index contributed by atoms with van der Waals surface area (Å²) >= 11 is 6.89. The molecule has 0 spiro atoms. The van der Waals surface area contributed by atoms with Gasteiger partial charge in [0.25, 0.3) is 0 Å². The zero-order valence-corrected chi connectivity index (χ0v) is 22.3. The van der Waals surface area contributed by atoms with Gasteiger partial charge >= 0.3 is 22.2 Å². The van der Waals surface area contributed by atoms with Gasteiger partial charge in [-0.3, -0.25) is 4.90 Å². The Bertz CT molecular complexity index is 1390. The fourth-order valence-corrected chi connectivity index (χ4v) is 6.06. The van der Waals surface area contributed by atoms with Gasteiger partial charge in [0.2, 0.25) is 5.13 Å². The molecule has 0 unspecified atom stereocenters. The van der Waals surface area contributed by atoms with Crippen molar-refractivity contribution in [1.29, 1.82) is 0 Å². The van der Waals surface area contributed by atoms with E-state index < -0.39 is 38.0 Å². The molecule has 1 aliphatic rings. The molecule has 1 N–H and O–H groups in total. The molecule has 0 radical (unpaired) electrons. The molecule has 3 aromatic rings. The van der Waals surface area contributed by atoms with Crippen LogP contribution in [0.25, 0.3) is 0 Å². The molecule has 0 saturated carbocycles. The number of anilines is 2. The second kappa shape index (κ2) is 12.0. The number of carbonyl (C=O) groups is 1. The molecule has 210 valence electrons. The highest BCUT2D eigenvalue weighted by molar-refractivity contribution is 7.92. The predicted octanol–water partition coefficient (Wildman–Crippen LogP) is 4.64. The second-order valence-corrected chi connectivity index (χ2v) is 11.2. The zero-order chi connectivity index (χ0) is 28.2. The molecule has 1 aliphatic heterocycles. The number of halogens is 5. The van der Waals surface area contributed by atoms with Crippen LogP contribution in [0.3, 0.4) is 0 Å². The lowest BCUT2D eigenvalue weighted by atomic mass is 10.1. The number of benzene rings is 2. The molecule has 1 saturated heterocycles. The van der Waals surface area contributed by atoms with E-state index in [1.54, 1.807) is 0 Å². The van der Waals surface area contributed by atoms with Crippen LogP contribution in [-0.2, 0) is 24.4 Å². The molecule has 16 heteroatoms. The fraction of sp³-hybridized carbons (Fsp3) is 0.304. The molecule has 9 nitrogen and oxygen atoms in total. The highest BCUT2D eigenvalue weighted by Gasteiger charge is 2.46. The topological polar surface area (TPSA) is 101 Å². The maximum atomic E-state index is 15.3. The van der Waals surface area contributed by atoms with Gasteiger partial charge in [-0.1, -0.05) is 46.4 Å². The van der Waals surface area contributed by atoms with Gasteiger partial charge in [-0.25, -0.2) is 14.2 Å². The van der Waals surface area contributed by atoms with E-state index in [0.29, 0.717) is 44.2 Å². The van der Waals surface area contributed by atoms with Crippen LogP contribution in [0.2, 0.25) is 5.02 Å². The van der Waals surface area contributed by atoms with E-state index in [2.05, 4.69) is 20.0 Å². The Kier molecular flexibility index (Phi) is 8.96. The summed E-state index contributed by atoms with van der Waals surface area (Å²) < 4.78 is 85.2. The Hall–Kier alpha value is -2.98. The van der Waals surface area contributed by atoms with Crippen molar-refractivity contribution in [3.8, 4) is 0 Å². The molecule has 1 fully saturated rings. The van der Waals surface area contributed by atoms with Gasteiger partial charge in [-0.15, -0.1) is 11.3 Å². The van der Waals surface area contributed by atoms with Crippen LogP contribution >= 0.6 is 22.9 Å². The molecule has 0 aliphatic carbocycles. The first kappa shape index (κ1) is 29.0. The van der Waals surface area contributed by atoms with Crippen molar-refractivity contribution < 1.29 is 40.3 Å². The quantitative estimate of drug-likeness (QED) is 0.277. The fourth-order valence-electron chi connectivity index (χ4n) is 3.70. The van der Waals surface area contributed by atoms with Gasteiger partial charge in [0.1, 0.15) is 10.7 Å². The molecule has 39 heavy (non-hydrogen) atoms. The van der Waals surface area contributed by atoms with Crippen molar-refractivity contribution in [3.05, 3.63) is 70.4 Å². The molecule has 0 amide bonds. The van der Waals surface area contributed by atoms with Crippen LogP contribution in [-0.4, -0.2) is 63.3 Å². The third kappa shape index (κ3) is 6.97. The number of carbonyl (C=O) groups excluding carboxylic acids is 1. The summed E-state index contributed by atoms with van der Waals surface area (Å²) in [4.78, 5) is 20.2. The summed E-state index contributed by atoms with van der Waals surface area (Å²) in [7, 11) is -5.22. The summed E-state index contributed by atoms with van der Waals surface area (Å²) in [5.74, 6) is -4.18. The highest BCUT2D eigenvalue weighted by atomic mass is 35.5. The smallest absolute Gasteiger partial charge is 0.379 e. The minimum atomic E-state index is -5.53. The van der Waals surface area contributed by atoms with Crippen LogP contribution in [0, 0.1) is 5.82 Å². The Morgan fingerprint density at radius 2 is 1.92 bits per heavy atom. The molecule has 1 aromatic heterocycles. The normalized spacial score (nSPS) is 15.5. The highest BCUT2D eigenvalue weighted by Crippen LogP contribution is 2.35. The third-order valence-corrected chi connectivity index (χ3v) is 8.29. The number of ether oxygens (including phenoxy) is 1.